The Morgan fingerprint density at radius 1 is 1.50 bits per heavy atom. The van der Waals surface area contributed by atoms with Gasteiger partial charge in [0.1, 0.15) is 0 Å². The van der Waals surface area contributed by atoms with Crippen LogP contribution in [0.1, 0.15) is 27.2 Å². The van der Waals surface area contributed by atoms with E-state index < -0.39 is 5.41 Å². The summed E-state index contributed by atoms with van der Waals surface area (Å²) in [7, 11) is 1.82. The lowest BCUT2D eigenvalue weighted by Crippen LogP contribution is -2.39. The van der Waals surface area contributed by atoms with Crippen molar-refractivity contribution in [2.24, 2.45) is 5.41 Å². The topological polar surface area (TPSA) is 20.3 Å². The molecule has 0 saturated heterocycles. The summed E-state index contributed by atoms with van der Waals surface area (Å²) in [5, 5.41) is 0. The van der Waals surface area contributed by atoms with Crippen LogP contribution in [0, 0.1) is 5.41 Å². The maximum absolute atomic E-state index is 11.6. The predicted molar refractivity (Wildman–Crippen MR) is 52.4 cm³/mol. The second-order valence-electron chi connectivity index (χ2n) is 3.74. The van der Waals surface area contributed by atoms with Gasteiger partial charge in [-0.1, -0.05) is 6.92 Å². The zero-order valence-electron chi connectivity index (χ0n) is 8.35. The molecule has 0 N–H and O–H groups in total. The first kappa shape index (κ1) is 11.8. The number of carbonyl (C=O) groups is 1. The van der Waals surface area contributed by atoms with Gasteiger partial charge >= 0.3 is 0 Å². The fourth-order valence-electron chi connectivity index (χ4n) is 1.01. The molecule has 0 atom stereocenters. The van der Waals surface area contributed by atoms with Crippen LogP contribution in [0.2, 0.25) is 0 Å². The lowest BCUT2D eigenvalue weighted by molar-refractivity contribution is -0.137. The molecule has 0 fully saturated rings. The molecule has 0 bridgehead atoms. The van der Waals surface area contributed by atoms with Crippen molar-refractivity contribution in [3.8, 4) is 0 Å². The number of carbonyl (C=O) groups excluding carboxylic acids is 1. The molecule has 0 heterocycles. The second-order valence-corrected chi connectivity index (χ2v) is 4.01. The molecular weight excluding hydrogens is 174 g/mol. The first-order valence-corrected chi connectivity index (χ1v) is 4.80. The van der Waals surface area contributed by atoms with Crippen molar-refractivity contribution in [2.75, 3.05) is 19.5 Å². The average Bonchev–Trinajstić information content (AvgIpc) is 2.03. The van der Waals surface area contributed by atoms with Gasteiger partial charge in [0.2, 0.25) is 5.91 Å². The number of nitrogens with zero attached hydrogens (tertiary/aromatic N) is 1. The molecule has 0 spiro atoms. The molecule has 0 aromatic carbocycles. The Hall–Kier alpha value is -0.240. The monoisotopic (exact) mass is 191 g/mol. The Bertz CT molecular complexity index is 157. The number of hydrogen-bond donors (Lipinski definition) is 0. The van der Waals surface area contributed by atoms with Crippen LogP contribution >= 0.6 is 11.6 Å². The zero-order chi connectivity index (χ0) is 9.78. The van der Waals surface area contributed by atoms with E-state index in [4.69, 9.17) is 11.6 Å². The van der Waals surface area contributed by atoms with Gasteiger partial charge in [-0.25, -0.2) is 0 Å². The van der Waals surface area contributed by atoms with Crippen LogP contribution in [0.5, 0.6) is 0 Å². The first-order valence-electron chi connectivity index (χ1n) is 4.27. The average molecular weight is 192 g/mol. The molecule has 0 unspecified atom stereocenters. The van der Waals surface area contributed by atoms with Gasteiger partial charge in [-0.2, -0.15) is 0 Å². The predicted octanol–water partition coefficient (Wildman–Crippen LogP) is 2.12. The highest BCUT2D eigenvalue weighted by atomic mass is 35.5. The molecule has 0 aromatic rings. The lowest BCUT2D eigenvalue weighted by Gasteiger charge is -2.27. The Morgan fingerprint density at radius 3 is 2.33 bits per heavy atom. The molecule has 2 nitrogen and oxygen atoms in total. The molecule has 0 aliphatic rings. The zero-order valence-corrected chi connectivity index (χ0v) is 9.11. The summed E-state index contributed by atoms with van der Waals surface area (Å²) in [5.74, 6) is 0.499. The third kappa shape index (κ3) is 3.02. The van der Waals surface area contributed by atoms with Crippen LogP contribution in [0.25, 0.3) is 0 Å². The van der Waals surface area contributed by atoms with Crippen molar-refractivity contribution in [3.05, 3.63) is 0 Å². The van der Waals surface area contributed by atoms with E-state index in [1.54, 1.807) is 4.90 Å². The summed E-state index contributed by atoms with van der Waals surface area (Å²) in [6.07, 6.45) is 0.987. The Labute approximate surface area is 79.9 Å². The SMILES string of the molecule is CCCN(C)C(=O)C(C)(C)CCl. The van der Waals surface area contributed by atoms with Crippen LogP contribution in [-0.2, 0) is 4.79 Å². The highest BCUT2D eigenvalue weighted by molar-refractivity contribution is 6.19. The molecular formula is C9H18ClNO. The van der Waals surface area contributed by atoms with Gasteiger partial charge in [-0.15, -0.1) is 11.6 Å². The first-order chi connectivity index (χ1) is 5.45. The van der Waals surface area contributed by atoms with Gasteiger partial charge in [-0.3, -0.25) is 4.79 Å². The third-order valence-electron chi connectivity index (χ3n) is 1.82. The molecule has 0 radical (unpaired) electrons. The van der Waals surface area contributed by atoms with Gasteiger partial charge in [0.15, 0.2) is 0 Å². The fraction of sp³-hybridized carbons (Fsp3) is 0.889. The molecule has 72 valence electrons. The molecule has 0 aliphatic carbocycles. The third-order valence-corrected chi connectivity index (χ3v) is 2.49. The van der Waals surface area contributed by atoms with Gasteiger partial charge in [0.05, 0.1) is 5.41 Å². The summed E-state index contributed by atoms with van der Waals surface area (Å²) in [4.78, 5) is 13.4. The highest BCUT2D eigenvalue weighted by Gasteiger charge is 2.28. The second kappa shape index (κ2) is 4.70. The molecule has 0 saturated carbocycles. The van der Waals surface area contributed by atoms with E-state index in [0.29, 0.717) is 5.88 Å². The molecule has 0 rings (SSSR count). The number of amides is 1. The Balaban J connectivity index is 4.18. The van der Waals surface area contributed by atoms with E-state index >= 15 is 0 Å². The van der Waals surface area contributed by atoms with Gasteiger partial charge in [-0.05, 0) is 20.3 Å². The fourth-order valence-corrected chi connectivity index (χ4v) is 1.13. The van der Waals surface area contributed by atoms with Crippen molar-refractivity contribution in [1.29, 1.82) is 0 Å². The number of alkyl halides is 1. The summed E-state index contributed by atoms with van der Waals surface area (Å²) in [6.45, 7) is 6.60. The number of halogens is 1. The Kier molecular flexibility index (Phi) is 4.61. The van der Waals surface area contributed by atoms with Crippen molar-refractivity contribution in [3.63, 3.8) is 0 Å². The van der Waals surface area contributed by atoms with Crippen LogP contribution in [-0.4, -0.2) is 30.3 Å². The number of rotatable bonds is 4. The van der Waals surface area contributed by atoms with Crippen LogP contribution < -0.4 is 0 Å². The van der Waals surface area contributed by atoms with Gasteiger partial charge < -0.3 is 4.90 Å². The minimum atomic E-state index is -0.425. The molecule has 0 aromatic heterocycles. The summed E-state index contributed by atoms with van der Waals surface area (Å²) < 4.78 is 0. The highest BCUT2D eigenvalue weighted by Crippen LogP contribution is 2.19. The van der Waals surface area contributed by atoms with Gasteiger partial charge in [0.25, 0.3) is 0 Å². The van der Waals surface area contributed by atoms with Crippen molar-refractivity contribution < 1.29 is 4.79 Å². The summed E-state index contributed by atoms with van der Waals surface area (Å²) in [6, 6.07) is 0. The van der Waals surface area contributed by atoms with Crippen molar-refractivity contribution >= 4 is 17.5 Å². The number of hydrogen-bond acceptors (Lipinski definition) is 1. The van der Waals surface area contributed by atoms with E-state index in [0.717, 1.165) is 13.0 Å². The summed E-state index contributed by atoms with van der Waals surface area (Å²) in [5.41, 5.74) is -0.425. The van der Waals surface area contributed by atoms with E-state index in [-0.39, 0.29) is 5.91 Å². The van der Waals surface area contributed by atoms with Gasteiger partial charge in [0, 0.05) is 19.5 Å². The van der Waals surface area contributed by atoms with Crippen LogP contribution in [0.3, 0.4) is 0 Å². The standard InChI is InChI=1S/C9H18ClNO/c1-5-6-11(4)8(12)9(2,3)7-10/h5-7H2,1-4H3. The molecule has 1 amide bonds. The van der Waals surface area contributed by atoms with E-state index in [1.165, 1.54) is 0 Å². The smallest absolute Gasteiger partial charge is 0.229 e. The molecule has 3 heteroatoms. The summed E-state index contributed by atoms with van der Waals surface area (Å²) >= 11 is 5.68. The van der Waals surface area contributed by atoms with Crippen molar-refractivity contribution in [2.45, 2.75) is 27.2 Å². The maximum atomic E-state index is 11.6. The minimum Gasteiger partial charge on any atom is -0.345 e. The van der Waals surface area contributed by atoms with E-state index in [1.807, 2.05) is 20.9 Å². The van der Waals surface area contributed by atoms with E-state index in [2.05, 4.69) is 6.92 Å². The Morgan fingerprint density at radius 2 is 2.00 bits per heavy atom. The maximum Gasteiger partial charge on any atom is 0.229 e. The van der Waals surface area contributed by atoms with Crippen LogP contribution in [0.15, 0.2) is 0 Å². The molecule has 0 aliphatic heterocycles. The van der Waals surface area contributed by atoms with Crippen molar-refractivity contribution in [1.82, 2.24) is 4.90 Å². The largest absolute Gasteiger partial charge is 0.345 e. The lowest BCUT2D eigenvalue weighted by atomic mass is 9.94. The quantitative estimate of drug-likeness (QED) is 0.624. The van der Waals surface area contributed by atoms with Crippen LogP contribution in [0.4, 0.5) is 0 Å². The minimum absolute atomic E-state index is 0.124. The van der Waals surface area contributed by atoms with E-state index in [9.17, 15) is 4.79 Å². The molecule has 12 heavy (non-hydrogen) atoms. The normalized spacial score (nSPS) is 11.4.